The first-order valence-electron chi connectivity index (χ1n) is 6.01. The van der Waals surface area contributed by atoms with Gasteiger partial charge in [-0.1, -0.05) is 6.07 Å². The molecule has 1 aliphatic rings. The first-order chi connectivity index (χ1) is 9.00. The third-order valence-corrected chi connectivity index (χ3v) is 3.26. The number of nitrogens with zero attached hydrogens (tertiary/aromatic N) is 2. The van der Waals surface area contributed by atoms with E-state index in [9.17, 15) is 20.0 Å². The molecule has 7 heteroatoms. The van der Waals surface area contributed by atoms with Crippen LogP contribution in [0.15, 0.2) is 18.2 Å². The van der Waals surface area contributed by atoms with Crippen LogP contribution in [0.1, 0.15) is 23.2 Å². The van der Waals surface area contributed by atoms with Gasteiger partial charge in [0.15, 0.2) is 0 Å². The van der Waals surface area contributed by atoms with Gasteiger partial charge < -0.3 is 15.7 Å². The standard InChI is InChI=1S/C12H15N3O4/c13-11-9(2-1-3-10(11)15(18)19)12(17)14-6-4-8(16)5-7-14/h1-3,8,16H,4-7,13H2. The van der Waals surface area contributed by atoms with Gasteiger partial charge in [-0.25, -0.2) is 0 Å². The number of anilines is 1. The van der Waals surface area contributed by atoms with E-state index in [0.29, 0.717) is 25.9 Å². The van der Waals surface area contributed by atoms with Crippen molar-refractivity contribution in [1.82, 2.24) is 4.90 Å². The zero-order valence-electron chi connectivity index (χ0n) is 10.3. The summed E-state index contributed by atoms with van der Waals surface area (Å²) < 4.78 is 0. The molecule has 1 heterocycles. The molecule has 0 aliphatic carbocycles. The van der Waals surface area contributed by atoms with Crippen molar-refractivity contribution in [2.45, 2.75) is 18.9 Å². The number of rotatable bonds is 2. The van der Waals surface area contributed by atoms with Crippen molar-refractivity contribution in [3.05, 3.63) is 33.9 Å². The minimum atomic E-state index is -0.605. The molecule has 0 unspecified atom stereocenters. The van der Waals surface area contributed by atoms with Gasteiger partial charge in [0, 0.05) is 19.2 Å². The van der Waals surface area contributed by atoms with E-state index in [0.717, 1.165) is 0 Å². The highest BCUT2D eigenvalue weighted by Crippen LogP contribution is 2.26. The predicted octanol–water partition coefficient (Wildman–Crippen LogP) is 0.774. The number of para-hydroxylation sites is 1. The van der Waals surface area contributed by atoms with Crippen LogP contribution in [-0.4, -0.2) is 40.0 Å². The van der Waals surface area contributed by atoms with Gasteiger partial charge in [0.1, 0.15) is 5.69 Å². The number of aliphatic hydroxyl groups excluding tert-OH is 1. The van der Waals surface area contributed by atoms with Crippen LogP contribution in [0.4, 0.5) is 11.4 Å². The lowest BCUT2D eigenvalue weighted by Crippen LogP contribution is -2.40. The van der Waals surface area contributed by atoms with E-state index < -0.39 is 4.92 Å². The number of hydrogen-bond acceptors (Lipinski definition) is 5. The number of aliphatic hydroxyl groups is 1. The predicted molar refractivity (Wildman–Crippen MR) is 68.7 cm³/mol. The monoisotopic (exact) mass is 265 g/mol. The van der Waals surface area contributed by atoms with Crippen LogP contribution < -0.4 is 5.73 Å². The molecule has 2 rings (SSSR count). The summed E-state index contributed by atoms with van der Waals surface area (Å²) in [6, 6.07) is 4.20. The molecule has 19 heavy (non-hydrogen) atoms. The van der Waals surface area contributed by atoms with Gasteiger partial charge in [0.05, 0.1) is 16.6 Å². The molecule has 1 aromatic carbocycles. The second-order valence-corrected chi connectivity index (χ2v) is 4.52. The molecule has 0 bridgehead atoms. The minimum Gasteiger partial charge on any atom is -0.393 e. The van der Waals surface area contributed by atoms with E-state index in [1.54, 1.807) is 4.90 Å². The Bertz CT molecular complexity index is 510. The van der Waals surface area contributed by atoms with Crippen LogP contribution in [0.3, 0.4) is 0 Å². The third kappa shape index (κ3) is 2.65. The Morgan fingerprint density at radius 2 is 2.05 bits per heavy atom. The van der Waals surface area contributed by atoms with Crippen molar-refractivity contribution in [1.29, 1.82) is 0 Å². The zero-order valence-corrected chi connectivity index (χ0v) is 10.3. The van der Waals surface area contributed by atoms with Crippen LogP contribution in [0, 0.1) is 10.1 Å². The van der Waals surface area contributed by atoms with Gasteiger partial charge in [-0.3, -0.25) is 14.9 Å². The highest BCUT2D eigenvalue weighted by Gasteiger charge is 2.26. The number of nitro groups is 1. The maximum atomic E-state index is 12.2. The Morgan fingerprint density at radius 1 is 1.42 bits per heavy atom. The molecular weight excluding hydrogens is 250 g/mol. The summed E-state index contributed by atoms with van der Waals surface area (Å²) in [5.74, 6) is -0.326. The van der Waals surface area contributed by atoms with Crippen molar-refractivity contribution in [2.24, 2.45) is 0 Å². The molecule has 1 fully saturated rings. The van der Waals surface area contributed by atoms with Gasteiger partial charge in [-0.2, -0.15) is 0 Å². The number of nitrogens with two attached hydrogens (primary N) is 1. The van der Waals surface area contributed by atoms with E-state index in [2.05, 4.69) is 0 Å². The minimum absolute atomic E-state index is 0.108. The summed E-state index contributed by atoms with van der Waals surface area (Å²) in [5, 5.41) is 20.2. The summed E-state index contributed by atoms with van der Waals surface area (Å²) in [5.41, 5.74) is 5.46. The summed E-state index contributed by atoms with van der Waals surface area (Å²) in [4.78, 5) is 24.0. The maximum Gasteiger partial charge on any atom is 0.292 e. The summed E-state index contributed by atoms with van der Waals surface area (Å²) >= 11 is 0. The lowest BCUT2D eigenvalue weighted by molar-refractivity contribution is -0.383. The first-order valence-corrected chi connectivity index (χ1v) is 6.01. The lowest BCUT2D eigenvalue weighted by Gasteiger charge is -2.29. The highest BCUT2D eigenvalue weighted by atomic mass is 16.6. The molecule has 3 N–H and O–H groups in total. The van der Waals surface area contributed by atoms with Crippen LogP contribution in [0.25, 0.3) is 0 Å². The highest BCUT2D eigenvalue weighted by molar-refractivity contribution is 6.01. The van der Waals surface area contributed by atoms with E-state index in [-0.39, 0.29) is 28.9 Å². The number of piperidine rings is 1. The van der Waals surface area contributed by atoms with E-state index in [1.165, 1.54) is 18.2 Å². The molecule has 1 saturated heterocycles. The topological polar surface area (TPSA) is 110 Å². The van der Waals surface area contributed by atoms with Crippen LogP contribution in [0.2, 0.25) is 0 Å². The van der Waals surface area contributed by atoms with Crippen molar-refractivity contribution in [3.8, 4) is 0 Å². The lowest BCUT2D eigenvalue weighted by atomic mass is 10.1. The van der Waals surface area contributed by atoms with Crippen molar-refractivity contribution < 1.29 is 14.8 Å². The number of amides is 1. The van der Waals surface area contributed by atoms with Gasteiger partial charge >= 0.3 is 0 Å². The number of benzene rings is 1. The van der Waals surface area contributed by atoms with Crippen molar-refractivity contribution in [3.63, 3.8) is 0 Å². The Morgan fingerprint density at radius 3 is 2.63 bits per heavy atom. The zero-order chi connectivity index (χ0) is 14.0. The molecular formula is C12H15N3O4. The molecule has 0 radical (unpaired) electrons. The Balaban J connectivity index is 2.24. The van der Waals surface area contributed by atoms with Gasteiger partial charge in [0.2, 0.25) is 0 Å². The number of nitrogen functional groups attached to an aromatic ring is 1. The number of carbonyl (C=O) groups is 1. The Labute approximate surface area is 109 Å². The molecule has 1 aromatic rings. The first kappa shape index (κ1) is 13.3. The average Bonchev–Trinajstić information content (AvgIpc) is 2.38. The molecule has 0 aromatic heterocycles. The normalized spacial score (nSPS) is 16.4. The number of hydrogen-bond donors (Lipinski definition) is 2. The Hall–Kier alpha value is -2.15. The second kappa shape index (κ2) is 5.23. The smallest absolute Gasteiger partial charge is 0.292 e. The fourth-order valence-electron chi connectivity index (χ4n) is 2.14. The molecule has 1 amide bonds. The molecule has 7 nitrogen and oxygen atoms in total. The maximum absolute atomic E-state index is 12.2. The SMILES string of the molecule is Nc1c(C(=O)N2CCC(O)CC2)cccc1[N+](=O)[O-]. The van der Waals surface area contributed by atoms with Crippen LogP contribution in [0.5, 0.6) is 0 Å². The van der Waals surface area contributed by atoms with Crippen molar-refractivity contribution in [2.75, 3.05) is 18.8 Å². The van der Waals surface area contributed by atoms with Gasteiger partial charge in [0.25, 0.3) is 11.6 Å². The number of carbonyl (C=O) groups excluding carboxylic acids is 1. The van der Waals surface area contributed by atoms with Gasteiger partial charge in [-0.05, 0) is 18.9 Å². The van der Waals surface area contributed by atoms with Crippen LogP contribution >= 0.6 is 0 Å². The second-order valence-electron chi connectivity index (χ2n) is 4.52. The number of nitro benzene ring substituents is 1. The van der Waals surface area contributed by atoms with E-state index in [1.807, 2.05) is 0 Å². The third-order valence-electron chi connectivity index (χ3n) is 3.26. The number of likely N-dealkylation sites (tertiary alicyclic amines) is 1. The fraction of sp³-hybridized carbons (Fsp3) is 0.417. The van der Waals surface area contributed by atoms with E-state index >= 15 is 0 Å². The van der Waals surface area contributed by atoms with Crippen LogP contribution in [-0.2, 0) is 0 Å². The van der Waals surface area contributed by atoms with E-state index in [4.69, 9.17) is 5.73 Å². The molecule has 1 aliphatic heterocycles. The summed E-state index contributed by atoms with van der Waals surface area (Å²) in [6.07, 6.45) is 0.646. The Kier molecular flexibility index (Phi) is 3.66. The largest absolute Gasteiger partial charge is 0.393 e. The quantitative estimate of drug-likeness (QED) is 0.466. The molecule has 0 spiro atoms. The summed E-state index contributed by atoms with van der Waals surface area (Å²) in [6.45, 7) is 0.865. The fourth-order valence-corrected chi connectivity index (χ4v) is 2.14. The summed E-state index contributed by atoms with van der Waals surface area (Å²) in [7, 11) is 0. The van der Waals surface area contributed by atoms with Crippen molar-refractivity contribution >= 4 is 17.3 Å². The average molecular weight is 265 g/mol. The molecule has 102 valence electrons. The van der Waals surface area contributed by atoms with Gasteiger partial charge in [-0.15, -0.1) is 0 Å². The molecule has 0 saturated carbocycles. The molecule has 0 atom stereocenters.